The Morgan fingerprint density at radius 2 is 1.79 bits per heavy atom. The molecule has 0 spiro atoms. The first-order valence-corrected chi connectivity index (χ1v) is 11.8. The van der Waals surface area contributed by atoms with Crippen molar-refractivity contribution >= 4 is 18.7 Å². The number of amides is 1. The molecule has 0 aliphatic carbocycles. The topological polar surface area (TPSA) is 60.9 Å². The van der Waals surface area contributed by atoms with E-state index in [0.29, 0.717) is 6.54 Å². The van der Waals surface area contributed by atoms with E-state index in [1.807, 2.05) is 65.6 Å². The first-order chi connectivity index (χ1) is 15.4. The standard InChI is InChI=1S/C26H35BN2O4/c1-24(2,3)31-23(30)29-13-9-12-22(29)19-11-8-10-18(14-19)20-15-21(17-28-16-20)27-32-25(4,5)26(6,7)33-27/h8,10-11,14-17,22H,9,12-13H2,1-7H3. The second-order valence-corrected chi connectivity index (χ2v) is 11.1. The molecule has 2 aliphatic heterocycles. The molecule has 3 heterocycles. The molecule has 1 atom stereocenters. The van der Waals surface area contributed by atoms with Gasteiger partial charge < -0.3 is 18.9 Å². The second kappa shape index (κ2) is 8.44. The second-order valence-electron chi connectivity index (χ2n) is 11.1. The third-order valence-electron chi connectivity index (χ3n) is 6.77. The van der Waals surface area contributed by atoms with Crippen molar-refractivity contribution in [1.82, 2.24) is 9.88 Å². The molecule has 33 heavy (non-hydrogen) atoms. The summed E-state index contributed by atoms with van der Waals surface area (Å²) in [5, 5.41) is 0. The number of carbonyl (C=O) groups excluding carboxylic acids is 1. The lowest BCUT2D eigenvalue weighted by molar-refractivity contribution is 0.00578. The fraction of sp³-hybridized carbons (Fsp3) is 0.538. The lowest BCUT2D eigenvalue weighted by atomic mass is 9.79. The molecule has 2 saturated heterocycles. The van der Waals surface area contributed by atoms with Crippen molar-refractivity contribution in [2.45, 2.75) is 84.2 Å². The molecule has 2 fully saturated rings. The zero-order valence-electron chi connectivity index (χ0n) is 20.8. The zero-order chi connectivity index (χ0) is 24.0. The molecular formula is C26H35BN2O4. The first-order valence-electron chi connectivity index (χ1n) is 11.8. The Bertz CT molecular complexity index is 1010. The van der Waals surface area contributed by atoms with E-state index in [9.17, 15) is 4.79 Å². The first kappa shape index (κ1) is 23.8. The van der Waals surface area contributed by atoms with Gasteiger partial charge >= 0.3 is 13.2 Å². The number of hydrogen-bond acceptors (Lipinski definition) is 5. The maximum Gasteiger partial charge on any atom is 0.496 e. The summed E-state index contributed by atoms with van der Waals surface area (Å²) in [7, 11) is -0.455. The van der Waals surface area contributed by atoms with Crippen LogP contribution in [0, 0.1) is 0 Å². The van der Waals surface area contributed by atoms with Gasteiger partial charge in [-0.15, -0.1) is 0 Å². The average molecular weight is 450 g/mol. The normalized spacial score (nSPS) is 22.0. The van der Waals surface area contributed by atoms with Crippen LogP contribution in [0.4, 0.5) is 4.79 Å². The van der Waals surface area contributed by atoms with Crippen LogP contribution >= 0.6 is 0 Å². The molecule has 0 saturated carbocycles. The summed E-state index contributed by atoms with van der Waals surface area (Å²) >= 11 is 0. The molecule has 6 nitrogen and oxygen atoms in total. The third-order valence-corrected chi connectivity index (χ3v) is 6.77. The molecule has 0 radical (unpaired) electrons. The van der Waals surface area contributed by atoms with Crippen LogP contribution in [0.15, 0.2) is 42.7 Å². The van der Waals surface area contributed by atoms with Crippen LogP contribution in [0.25, 0.3) is 11.1 Å². The van der Waals surface area contributed by atoms with Gasteiger partial charge in [0.05, 0.1) is 17.2 Å². The number of pyridine rings is 1. The quantitative estimate of drug-likeness (QED) is 0.608. The Morgan fingerprint density at radius 3 is 2.45 bits per heavy atom. The number of rotatable bonds is 3. The number of hydrogen-bond donors (Lipinski definition) is 0. The van der Waals surface area contributed by atoms with Gasteiger partial charge in [0.25, 0.3) is 0 Å². The van der Waals surface area contributed by atoms with Gasteiger partial charge in [-0.25, -0.2) is 4.79 Å². The number of carbonyl (C=O) groups is 1. The van der Waals surface area contributed by atoms with Gasteiger partial charge in [0.1, 0.15) is 5.60 Å². The molecule has 1 aromatic carbocycles. The summed E-state index contributed by atoms with van der Waals surface area (Å²) < 4.78 is 18.1. The van der Waals surface area contributed by atoms with Gasteiger partial charge in [-0.2, -0.15) is 0 Å². The van der Waals surface area contributed by atoms with Crippen molar-refractivity contribution < 1.29 is 18.8 Å². The fourth-order valence-corrected chi connectivity index (χ4v) is 4.30. The molecule has 2 aliphatic rings. The van der Waals surface area contributed by atoms with E-state index in [1.54, 1.807) is 6.20 Å². The molecule has 0 bridgehead atoms. The lowest BCUT2D eigenvalue weighted by Gasteiger charge is -2.32. The summed E-state index contributed by atoms with van der Waals surface area (Å²) in [5.74, 6) is 0. The van der Waals surface area contributed by atoms with E-state index in [0.717, 1.165) is 35.0 Å². The Kier molecular flexibility index (Phi) is 6.08. The van der Waals surface area contributed by atoms with Crippen molar-refractivity contribution in [3.63, 3.8) is 0 Å². The SMILES string of the molecule is CC(C)(C)OC(=O)N1CCCC1c1cccc(-c2cncc(B3OC(C)(C)C(C)(C)O3)c2)c1. The number of benzene rings is 1. The highest BCUT2D eigenvalue weighted by Crippen LogP contribution is 2.37. The van der Waals surface area contributed by atoms with E-state index in [2.05, 4.69) is 29.2 Å². The molecule has 176 valence electrons. The van der Waals surface area contributed by atoms with E-state index < -0.39 is 23.9 Å². The van der Waals surface area contributed by atoms with Crippen molar-refractivity contribution in [3.05, 3.63) is 48.3 Å². The predicted molar refractivity (Wildman–Crippen MR) is 130 cm³/mol. The number of ether oxygens (including phenoxy) is 1. The van der Waals surface area contributed by atoms with Crippen molar-refractivity contribution in [3.8, 4) is 11.1 Å². The number of likely N-dealkylation sites (tertiary alicyclic amines) is 1. The van der Waals surface area contributed by atoms with Crippen LogP contribution in [0.2, 0.25) is 0 Å². The number of aromatic nitrogens is 1. The van der Waals surface area contributed by atoms with Crippen molar-refractivity contribution in [1.29, 1.82) is 0 Å². The van der Waals surface area contributed by atoms with Crippen LogP contribution in [-0.4, -0.2) is 46.4 Å². The molecule has 1 amide bonds. The summed E-state index contributed by atoms with van der Waals surface area (Å²) in [6.45, 7) is 14.6. The van der Waals surface area contributed by atoms with Crippen LogP contribution in [0.1, 0.15) is 72.9 Å². The van der Waals surface area contributed by atoms with Gasteiger partial charge in [0, 0.05) is 24.4 Å². The highest BCUT2D eigenvalue weighted by Gasteiger charge is 2.51. The molecular weight excluding hydrogens is 415 g/mol. The van der Waals surface area contributed by atoms with Gasteiger partial charge in [0.15, 0.2) is 0 Å². The summed E-state index contributed by atoms with van der Waals surface area (Å²) in [5.41, 5.74) is 2.73. The zero-order valence-corrected chi connectivity index (χ0v) is 20.8. The highest BCUT2D eigenvalue weighted by molar-refractivity contribution is 6.62. The minimum atomic E-state index is -0.508. The average Bonchev–Trinajstić information content (AvgIpc) is 3.29. The van der Waals surface area contributed by atoms with Crippen LogP contribution in [0.5, 0.6) is 0 Å². The van der Waals surface area contributed by atoms with E-state index >= 15 is 0 Å². The Morgan fingerprint density at radius 1 is 1.09 bits per heavy atom. The van der Waals surface area contributed by atoms with E-state index in [-0.39, 0.29) is 12.1 Å². The lowest BCUT2D eigenvalue weighted by Crippen LogP contribution is -2.41. The minimum absolute atomic E-state index is 0.0130. The molecule has 0 N–H and O–H groups in total. The van der Waals surface area contributed by atoms with Crippen LogP contribution in [-0.2, 0) is 14.0 Å². The summed E-state index contributed by atoms with van der Waals surface area (Å²) in [6, 6.07) is 10.4. The third kappa shape index (κ3) is 4.94. The number of nitrogens with zero attached hydrogens (tertiary/aromatic N) is 2. The van der Waals surface area contributed by atoms with Gasteiger partial charge in [0.2, 0.25) is 0 Å². The van der Waals surface area contributed by atoms with Gasteiger partial charge in [-0.3, -0.25) is 4.98 Å². The Labute approximate surface area is 197 Å². The summed E-state index contributed by atoms with van der Waals surface area (Å²) in [6.07, 6.45) is 5.30. The molecule has 4 rings (SSSR count). The summed E-state index contributed by atoms with van der Waals surface area (Å²) in [4.78, 5) is 19.1. The molecule has 1 aromatic heterocycles. The highest BCUT2D eigenvalue weighted by atomic mass is 16.7. The van der Waals surface area contributed by atoms with Crippen LogP contribution < -0.4 is 5.46 Å². The predicted octanol–water partition coefficient (Wildman–Crippen LogP) is 5.12. The van der Waals surface area contributed by atoms with Gasteiger partial charge in [-0.05, 0) is 84.1 Å². The van der Waals surface area contributed by atoms with Crippen molar-refractivity contribution in [2.24, 2.45) is 0 Å². The minimum Gasteiger partial charge on any atom is -0.444 e. The van der Waals surface area contributed by atoms with E-state index in [4.69, 9.17) is 14.0 Å². The molecule has 2 aromatic rings. The smallest absolute Gasteiger partial charge is 0.444 e. The maximum absolute atomic E-state index is 12.8. The Balaban J connectivity index is 1.58. The van der Waals surface area contributed by atoms with Crippen LogP contribution in [0.3, 0.4) is 0 Å². The van der Waals surface area contributed by atoms with Crippen molar-refractivity contribution in [2.75, 3.05) is 6.54 Å². The monoisotopic (exact) mass is 450 g/mol. The largest absolute Gasteiger partial charge is 0.496 e. The van der Waals surface area contributed by atoms with E-state index in [1.165, 1.54) is 0 Å². The van der Waals surface area contributed by atoms with Gasteiger partial charge in [-0.1, -0.05) is 24.3 Å². The maximum atomic E-state index is 12.8. The molecule has 7 heteroatoms. The fourth-order valence-electron chi connectivity index (χ4n) is 4.30. The Hall–Kier alpha value is -2.38. The molecule has 1 unspecified atom stereocenters.